The Bertz CT molecular complexity index is 508. The van der Waals surface area contributed by atoms with Crippen molar-refractivity contribution in [2.75, 3.05) is 13.2 Å². The molecule has 2 aromatic heterocycles. The van der Waals surface area contributed by atoms with Crippen molar-refractivity contribution in [3.63, 3.8) is 0 Å². The Balaban J connectivity index is 2.02. The molecule has 1 saturated heterocycles. The van der Waals surface area contributed by atoms with Gasteiger partial charge in [0.25, 0.3) is 0 Å². The minimum absolute atomic E-state index is 0.401. The van der Waals surface area contributed by atoms with Crippen molar-refractivity contribution in [1.82, 2.24) is 9.97 Å². The smallest absolute Gasteiger partial charge is 0.141 e. The third-order valence-electron chi connectivity index (χ3n) is 2.88. The zero-order valence-corrected chi connectivity index (χ0v) is 10.2. The van der Waals surface area contributed by atoms with Crippen LogP contribution in [0.5, 0.6) is 0 Å². The summed E-state index contributed by atoms with van der Waals surface area (Å²) >= 11 is 7.76. The Morgan fingerprint density at radius 2 is 2.12 bits per heavy atom. The first-order valence-electron chi connectivity index (χ1n) is 5.33. The molecule has 84 valence electrons. The first-order valence-corrected chi connectivity index (χ1v) is 6.59. The quantitative estimate of drug-likeness (QED) is 0.733. The molecule has 1 aliphatic heterocycles. The summed E-state index contributed by atoms with van der Waals surface area (Å²) in [5.74, 6) is 1.28. The van der Waals surface area contributed by atoms with Crippen molar-refractivity contribution in [3.05, 3.63) is 22.4 Å². The van der Waals surface area contributed by atoms with Crippen LogP contribution in [-0.4, -0.2) is 23.2 Å². The predicted octanol–water partition coefficient (Wildman–Crippen LogP) is 3.24. The van der Waals surface area contributed by atoms with Gasteiger partial charge < -0.3 is 4.74 Å². The van der Waals surface area contributed by atoms with Crippen LogP contribution in [-0.2, 0) is 4.74 Å². The van der Waals surface area contributed by atoms with E-state index in [2.05, 4.69) is 9.97 Å². The highest BCUT2D eigenvalue weighted by Crippen LogP contribution is 2.30. The number of thiophene rings is 1. The number of fused-ring (bicyclic) bond motifs is 1. The molecule has 0 atom stereocenters. The van der Waals surface area contributed by atoms with Crippen LogP contribution in [0, 0.1) is 0 Å². The first kappa shape index (κ1) is 10.4. The molecule has 5 heteroatoms. The van der Waals surface area contributed by atoms with Gasteiger partial charge in [0.1, 0.15) is 15.8 Å². The number of rotatable bonds is 1. The summed E-state index contributed by atoms with van der Waals surface area (Å²) in [5, 5.41) is 3.54. The minimum atomic E-state index is 0.401. The van der Waals surface area contributed by atoms with Gasteiger partial charge in [-0.2, -0.15) is 0 Å². The first-order chi connectivity index (χ1) is 7.84. The van der Waals surface area contributed by atoms with E-state index in [1.807, 2.05) is 11.4 Å². The maximum absolute atomic E-state index is 6.15. The van der Waals surface area contributed by atoms with Crippen LogP contribution in [0.25, 0.3) is 10.2 Å². The van der Waals surface area contributed by atoms with E-state index in [4.69, 9.17) is 16.3 Å². The Morgan fingerprint density at radius 1 is 1.31 bits per heavy atom. The lowest BCUT2D eigenvalue weighted by molar-refractivity contribution is 0.0836. The molecule has 16 heavy (non-hydrogen) atoms. The molecule has 0 N–H and O–H groups in total. The van der Waals surface area contributed by atoms with Gasteiger partial charge in [0.15, 0.2) is 0 Å². The normalized spacial score (nSPS) is 18.1. The second-order valence-corrected chi connectivity index (χ2v) is 5.15. The second-order valence-electron chi connectivity index (χ2n) is 3.90. The van der Waals surface area contributed by atoms with Gasteiger partial charge in [-0.3, -0.25) is 0 Å². The van der Waals surface area contributed by atoms with Crippen molar-refractivity contribution < 1.29 is 4.74 Å². The zero-order valence-electron chi connectivity index (χ0n) is 8.65. The van der Waals surface area contributed by atoms with E-state index in [-0.39, 0.29) is 0 Å². The number of nitrogens with zero attached hydrogens (tertiary/aromatic N) is 2. The molecule has 0 amide bonds. The van der Waals surface area contributed by atoms with E-state index in [1.165, 1.54) is 0 Å². The van der Waals surface area contributed by atoms with E-state index < -0.39 is 0 Å². The van der Waals surface area contributed by atoms with Gasteiger partial charge in [0, 0.05) is 24.5 Å². The fourth-order valence-corrected chi connectivity index (χ4v) is 3.04. The van der Waals surface area contributed by atoms with Gasteiger partial charge >= 0.3 is 0 Å². The summed E-state index contributed by atoms with van der Waals surface area (Å²) in [4.78, 5) is 9.98. The lowest BCUT2D eigenvalue weighted by Gasteiger charge is -2.20. The second kappa shape index (κ2) is 4.28. The SMILES string of the molecule is Clc1nc(C2CCOCC2)nc2sccc12. The molecule has 2 aromatic rings. The van der Waals surface area contributed by atoms with E-state index >= 15 is 0 Å². The lowest BCUT2D eigenvalue weighted by Crippen LogP contribution is -2.16. The van der Waals surface area contributed by atoms with E-state index in [0.717, 1.165) is 42.1 Å². The highest BCUT2D eigenvalue weighted by Gasteiger charge is 2.20. The average molecular weight is 255 g/mol. The highest BCUT2D eigenvalue weighted by atomic mass is 35.5. The average Bonchev–Trinajstić information content (AvgIpc) is 2.79. The van der Waals surface area contributed by atoms with Crippen molar-refractivity contribution in [1.29, 1.82) is 0 Å². The zero-order chi connectivity index (χ0) is 11.0. The largest absolute Gasteiger partial charge is 0.381 e. The van der Waals surface area contributed by atoms with Crippen molar-refractivity contribution in [2.45, 2.75) is 18.8 Å². The third kappa shape index (κ3) is 1.81. The summed E-state index contributed by atoms with van der Waals surface area (Å²) < 4.78 is 5.34. The van der Waals surface area contributed by atoms with Crippen molar-refractivity contribution in [2.24, 2.45) is 0 Å². The predicted molar refractivity (Wildman–Crippen MR) is 65.2 cm³/mol. The summed E-state index contributed by atoms with van der Waals surface area (Å²) in [6.07, 6.45) is 1.99. The number of hydrogen-bond acceptors (Lipinski definition) is 4. The summed E-state index contributed by atoms with van der Waals surface area (Å²) in [5.41, 5.74) is 0. The summed E-state index contributed by atoms with van der Waals surface area (Å²) in [6.45, 7) is 1.60. The minimum Gasteiger partial charge on any atom is -0.381 e. The maximum atomic E-state index is 6.15. The van der Waals surface area contributed by atoms with Crippen LogP contribution in [0.4, 0.5) is 0 Å². The number of halogens is 1. The molecule has 3 heterocycles. The van der Waals surface area contributed by atoms with Crippen LogP contribution in [0.2, 0.25) is 5.15 Å². The Hall–Kier alpha value is -0.710. The molecule has 0 aromatic carbocycles. The van der Waals surface area contributed by atoms with E-state index in [0.29, 0.717) is 11.1 Å². The number of aromatic nitrogens is 2. The van der Waals surface area contributed by atoms with Gasteiger partial charge in [-0.15, -0.1) is 11.3 Å². The number of ether oxygens (including phenoxy) is 1. The standard InChI is InChI=1S/C11H11ClN2OS/c12-9-8-3-6-16-11(8)14-10(13-9)7-1-4-15-5-2-7/h3,6-7H,1-2,4-5H2. The van der Waals surface area contributed by atoms with Crippen LogP contribution >= 0.6 is 22.9 Å². The van der Waals surface area contributed by atoms with Gasteiger partial charge in [-0.05, 0) is 24.3 Å². The third-order valence-corrected chi connectivity index (χ3v) is 3.98. The van der Waals surface area contributed by atoms with Gasteiger partial charge in [0.05, 0.1) is 0 Å². The molecule has 3 nitrogen and oxygen atoms in total. The molecule has 1 fully saturated rings. The van der Waals surface area contributed by atoms with Gasteiger partial charge in [-0.1, -0.05) is 11.6 Å². The molecular formula is C11H11ClN2OS. The van der Waals surface area contributed by atoms with Crippen LogP contribution in [0.15, 0.2) is 11.4 Å². The monoisotopic (exact) mass is 254 g/mol. The molecule has 3 rings (SSSR count). The van der Waals surface area contributed by atoms with E-state index in [1.54, 1.807) is 11.3 Å². The Morgan fingerprint density at radius 3 is 2.94 bits per heavy atom. The Labute approximate surface area is 102 Å². The topological polar surface area (TPSA) is 35.0 Å². The molecular weight excluding hydrogens is 244 g/mol. The van der Waals surface area contributed by atoms with Crippen LogP contribution in [0.1, 0.15) is 24.6 Å². The molecule has 0 unspecified atom stereocenters. The summed E-state index contributed by atoms with van der Waals surface area (Å²) in [7, 11) is 0. The van der Waals surface area contributed by atoms with Crippen LogP contribution in [0.3, 0.4) is 0 Å². The lowest BCUT2D eigenvalue weighted by atomic mass is 9.99. The number of hydrogen-bond donors (Lipinski definition) is 0. The highest BCUT2D eigenvalue weighted by molar-refractivity contribution is 7.16. The summed E-state index contributed by atoms with van der Waals surface area (Å²) in [6, 6.07) is 1.97. The molecule has 0 radical (unpaired) electrons. The van der Waals surface area contributed by atoms with Gasteiger partial charge in [-0.25, -0.2) is 9.97 Å². The molecule has 0 saturated carbocycles. The van der Waals surface area contributed by atoms with Crippen LogP contribution < -0.4 is 0 Å². The maximum Gasteiger partial charge on any atom is 0.141 e. The van der Waals surface area contributed by atoms with Crippen molar-refractivity contribution in [3.8, 4) is 0 Å². The van der Waals surface area contributed by atoms with Gasteiger partial charge in [0.2, 0.25) is 0 Å². The fraction of sp³-hybridized carbons (Fsp3) is 0.455. The molecule has 1 aliphatic rings. The molecule has 0 spiro atoms. The Kier molecular flexibility index (Phi) is 2.79. The fourth-order valence-electron chi connectivity index (χ4n) is 1.97. The molecule has 0 bridgehead atoms. The van der Waals surface area contributed by atoms with E-state index in [9.17, 15) is 0 Å². The molecule has 0 aliphatic carbocycles. The van der Waals surface area contributed by atoms with Crippen molar-refractivity contribution >= 4 is 33.2 Å².